The van der Waals surface area contributed by atoms with Gasteiger partial charge in [-0.2, -0.15) is 0 Å². The van der Waals surface area contributed by atoms with E-state index < -0.39 is 16.7 Å². The van der Waals surface area contributed by atoms with Gasteiger partial charge in [-0.3, -0.25) is 29.9 Å². The van der Waals surface area contributed by atoms with E-state index in [2.05, 4.69) is 5.32 Å². The van der Waals surface area contributed by atoms with Crippen LogP contribution in [0.5, 0.6) is 0 Å². The van der Waals surface area contributed by atoms with Gasteiger partial charge in [-0.15, -0.1) is 0 Å². The normalized spacial score (nSPS) is 15.1. The zero-order chi connectivity index (χ0) is 25.6. The predicted molar refractivity (Wildman–Crippen MR) is 139 cm³/mol. The minimum Gasteiger partial charge on any atom is -0.318 e. The number of aromatic nitrogens is 1. The van der Waals surface area contributed by atoms with Crippen molar-refractivity contribution in [3.05, 3.63) is 91.8 Å². The molecular formula is C26H24N4O4S. The van der Waals surface area contributed by atoms with Crippen LogP contribution < -0.4 is 10.2 Å². The molecule has 0 unspecified atom stereocenters. The molecule has 1 N–H and O–H groups in total. The molecule has 1 fully saturated rings. The van der Waals surface area contributed by atoms with Crippen LogP contribution in [-0.2, 0) is 9.59 Å². The van der Waals surface area contributed by atoms with Crippen LogP contribution in [-0.4, -0.2) is 26.4 Å². The Bertz CT molecular complexity index is 1470. The van der Waals surface area contributed by atoms with E-state index in [1.807, 2.05) is 50.5 Å². The van der Waals surface area contributed by atoms with Gasteiger partial charge in [0.2, 0.25) is 0 Å². The number of nitrogens with one attached hydrogen (secondary N) is 1. The van der Waals surface area contributed by atoms with Crippen LogP contribution in [0.25, 0.3) is 11.8 Å². The Morgan fingerprint density at radius 2 is 1.69 bits per heavy atom. The molecule has 2 heterocycles. The maximum absolute atomic E-state index is 13.4. The molecule has 0 atom stereocenters. The van der Waals surface area contributed by atoms with Crippen LogP contribution in [0.1, 0.15) is 33.6 Å². The Labute approximate surface area is 208 Å². The number of hydrogen-bond acceptors (Lipinski definition) is 5. The first-order chi connectivity index (χ1) is 16.5. The SMILES string of the molecule is Cc1ccc(N2C(=O)/C(=C/c3cc(C)n(-c4ccc(C)c([N+](=O)[O-])c4)c3C)C(=O)NC2=S)c(C)c1. The van der Waals surface area contributed by atoms with E-state index in [1.54, 1.807) is 25.1 Å². The van der Waals surface area contributed by atoms with E-state index in [9.17, 15) is 19.7 Å². The van der Waals surface area contributed by atoms with Gasteiger partial charge in [-0.05, 0) is 82.2 Å². The highest BCUT2D eigenvalue weighted by Gasteiger charge is 2.35. The van der Waals surface area contributed by atoms with Crippen LogP contribution in [0.3, 0.4) is 0 Å². The van der Waals surface area contributed by atoms with Crippen molar-refractivity contribution in [1.82, 2.24) is 9.88 Å². The predicted octanol–water partition coefficient (Wildman–Crippen LogP) is 4.76. The summed E-state index contributed by atoms with van der Waals surface area (Å²) < 4.78 is 1.86. The summed E-state index contributed by atoms with van der Waals surface area (Å²) >= 11 is 5.32. The molecule has 1 aromatic heterocycles. The van der Waals surface area contributed by atoms with E-state index in [1.165, 1.54) is 17.0 Å². The molecule has 1 aliphatic heterocycles. The number of anilines is 1. The summed E-state index contributed by atoms with van der Waals surface area (Å²) in [4.78, 5) is 38.6. The zero-order valence-corrected chi connectivity index (χ0v) is 20.8. The molecule has 0 saturated carbocycles. The van der Waals surface area contributed by atoms with Gasteiger partial charge in [0.15, 0.2) is 5.11 Å². The Morgan fingerprint density at radius 3 is 2.34 bits per heavy atom. The maximum Gasteiger partial charge on any atom is 0.274 e. The molecule has 0 radical (unpaired) electrons. The summed E-state index contributed by atoms with van der Waals surface area (Å²) in [6.45, 7) is 9.22. The lowest BCUT2D eigenvalue weighted by atomic mass is 10.0. The van der Waals surface area contributed by atoms with E-state index in [-0.39, 0.29) is 16.4 Å². The number of aryl methyl sites for hydroxylation is 4. The molecule has 2 amide bonds. The van der Waals surface area contributed by atoms with Crippen molar-refractivity contribution < 1.29 is 14.5 Å². The van der Waals surface area contributed by atoms with Crippen molar-refractivity contribution in [2.75, 3.05) is 4.90 Å². The average molecular weight is 489 g/mol. The van der Waals surface area contributed by atoms with Crippen LogP contribution in [0, 0.1) is 44.7 Å². The highest BCUT2D eigenvalue weighted by Crippen LogP contribution is 2.29. The Morgan fingerprint density at radius 1 is 0.971 bits per heavy atom. The number of nitrogens with zero attached hydrogens (tertiary/aromatic N) is 3. The summed E-state index contributed by atoms with van der Waals surface area (Å²) in [5, 5.41) is 14.1. The first-order valence-electron chi connectivity index (χ1n) is 10.9. The number of carbonyl (C=O) groups excluding carboxylic acids is 2. The van der Waals surface area contributed by atoms with Crippen LogP contribution >= 0.6 is 12.2 Å². The van der Waals surface area contributed by atoms with Crippen LogP contribution in [0.2, 0.25) is 0 Å². The number of thiocarbonyl (C=S) groups is 1. The summed E-state index contributed by atoms with van der Waals surface area (Å²) in [5.41, 5.74) is 5.86. The lowest BCUT2D eigenvalue weighted by Gasteiger charge is -2.30. The van der Waals surface area contributed by atoms with Crippen molar-refractivity contribution >= 4 is 46.6 Å². The van der Waals surface area contributed by atoms with E-state index >= 15 is 0 Å². The van der Waals surface area contributed by atoms with Gasteiger partial charge in [0, 0.05) is 23.0 Å². The zero-order valence-electron chi connectivity index (χ0n) is 20.0. The van der Waals surface area contributed by atoms with Gasteiger partial charge in [0.25, 0.3) is 17.5 Å². The molecule has 35 heavy (non-hydrogen) atoms. The van der Waals surface area contributed by atoms with Crippen molar-refractivity contribution in [3.63, 3.8) is 0 Å². The third-order valence-corrected chi connectivity index (χ3v) is 6.40. The fourth-order valence-corrected chi connectivity index (χ4v) is 4.63. The number of nitro groups is 1. The number of hydrogen-bond donors (Lipinski definition) is 1. The molecule has 2 aromatic carbocycles. The summed E-state index contributed by atoms with van der Waals surface area (Å²) in [6, 6.07) is 12.5. The molecule has 0 spiro atoms. The van der Waals surface area contributed by atoms with E-state index in [4.69, 9.17) is 12.2 Å². The third-order valence-electron chi connectivity index (χ3n) is 6.11. The second-order valence-corrected chi connectivity index (χ2v) is 9.02. The first-order valence-corrected chi connectivity index (χ1v) is 11.3. The Hall–Kier alpha value is -4.11. The fourth-order valence-electron chi connectivity index (χ4n) is 4.35. The van der Waals surface area contributed by atoms with E-state index in [0.29, 0.717) is 22.5 Å². The minimum absolute atomic E-state index is 0.0226. The number of nitro benzene ring substituents is 1. The van der Waals surface area contributed by atoms with Gasteiger partial charge in [0.1, 0.15) is 5.57 Å². The van der Waals surface area contributed by atoms with Gasteiger partial charge in [0.05, 0.1) is 16.3 Å². The molecule has 4 rings (SSSR count). The van der Waals surface area contributed by atoms with Crippen molar-refractivity contribution in [2.45, 2.75) is 34.6 Å². The second-order valence-electron chi connectivity index (χ2n) is 8.64. The van der Waals surface area contributed by atoms with Gasteiger partial charge < -0.3 is 4.57 Å². The largest absolute Gasteiger partial charge is 0.318 e. The van der Waals surface area contributed by atoms with E-state index in [0.717, 1.165) is 22.5 Å². The Balaban J connectivity index is 1.79. The first kappa shape index (κ1) is 24.0. The highest BCUT2D eigenvalue weighted by atomic mass is 32.1. The summed E-state index contributed by atoms with van der Waals surface area (Å²) in [6.07, 6.45) is 1.54. The quantitative estimate of drug-likeness (QED) is 0.188. The average Bonchev–Trinajstić information content (AvgIpc) is 3.05. The number of amides is 2. The lowest BCUT2D eigenvalue weighted by Crippen LogP contribution is -2.54. The lowest BCUT2D eigenvalue weighted by molar-refractivity contribution is -0.385. The summed E-state index contributed by atoms with van der Waals surface area (Å²) in [5.74, 6) is -1.08. The van der Waals surface area contributed by atoms with Crippen LogP contribution in [0.15, 0.2) is 48.0 Å². The minimum atomic E-state index is -0.572. The van der Waals surface area contributed by atoms with Crippen molar-refractivity contribution in [1.29, 1.82) is 0 Å². The molecule has 0 bridgehead atoms. The van der Waals surface area contributed by atoms with Crippen molar-refractivity contribution in [2.24, 2.45) is 0 Å². The van der Waals surface area contributed by atoms with Gasteiger partial charge in [-0.25, -0.2) is 0 Å². The molecule has 1 aliphatic rings. The second kappa shape index (κ2) is 8.92. The summed E-state index contributed by atoms with van der Waals surface area (Å²) in [7, 11) is 0. The highest BCUT2D eigenvalue weighted by molar-refractivity contribution is 7.80. The third kappa shape index (κ3) is 4.26. The molecular weight excluding hydrogens is 464 g/mol. The standard InChI is InChI=1S/C26H24N4O4S/c1-14-6-9-22(16(3)10-14)29-25(32)21(24(31)27-26(29)35)12-19-11-17(4)28(18(19)5)20-8-7-15(2)23(13-20)30(33)34/h6-13H,1-5H3,(H,27,31,35)/b21-12+. The van der Waals surface area contributed by atoms with Crippen molar-refractivity contribution in [3.8, 4) is 5.69 Å². The molecule has 1 saturated heterocycles. The molecule has 9 heteroatoms. The molecule has 3 aromatic rings. The number of benzene rings is 2. The monoisotopic (exact) mass is 488 g/mol. The Kier molecular flexibility index (Phi) is 6.12. The van der Waals surface area contributed by atoms with Gasteiger partial charge in [-0.1, -0.05) is 23.8 Å². The van der Waals surface area contributed by atoms with Gasteiger partial charge >= 0.3 is 0 Å². The fraction of sp³-hybridized carbons (Fsp3) is 0.192. The maximum atomic E-state index is 13.4. The topological polar surface area (TPSA) is 97.5 Å². The smallest absolute Gasteiger partial charge is 0.274 e. The number of rotatable bonds is 4. The molecule has 178 valence electrons. The molecule has 0 aliphatic carbocycles. The molecule has 8 nitrogen and oxygen atoms in total. The van der Waals surface area contributed by atoms with Crippen LogP contribution in [0.4, 0.5) is 11.4 Å². The number of carbonyl (C=O) groups is 2.